The molecule has 0 aromatic heterocycles. The Morgan fingerprint density at radius 3 is 2.93 bits per heavy atom. The van der Waals surface area contributed by atoms with E-state index in [2.05, 4.69) is 5.43 Å². The molecule has 0 saturated heterocycles. The lowest BCUT2D eigenvalue weighted by Gasteiger charge is -2.16. The van der Waals surface area contributed by atoms with Gasteiger partial charge in [-0.3, -0.25) is 11.3 Å². The monoisotopic (exact) mass is 212 g/mol. The van der Waals surface area contributed by atoms with Gasteiger partial charge in [0.2, 0.25) is 0 Å². The van der Waals surface area contributed by atoms with Crippen molar-refractivity contribution in [3.05, 3.63) is 35.6 Å². The summed E-state index contributed by atoms with van der Waals surface area (Å²) in [7, 11) is 0. The number of hydrogen-bond acceptors (Lipinski definition) is 3. The fourth-order valence-corrected chi connectivity index (χ4v) is 1.42. The first-order valence-electron chi connectivity index (χ1n) is 5.07. The average Bonchev–Trinajstić information content (AvgIpc) is 2.24. The van der Waals surface area contributed by atoms with Gasteiger partial charge >= 0.3 is 0 Å². The minimum atomic E-state index is -0.246. The molecular formula is C11H17FN2O. The maximum Gasteiger partial charge on any atom is 0.123 e. The summed E-state index contributed by atoms with van der Waals surface area (Å²) in [6, 6.07) is 6.36. The third-order valence-corrected chi connectivity index (χ3v) is 2.21. The summed E-state index contributed by atoms with van der Waals surface area (Å²) in [6.45, 7) is 3.23. The van der Waals surface area contributed by atoms with Crippen LogP contribution in [-0.2, 0) is 4.74 Å². The summed E-state index contributed by atoms with van der Waals surface area (Å²) in [6.07, 6.45) is 0.730. The van der Waals surface area contributed by atoms with Crippen LogP contribution < -0.4 is 11.3 Å². The molecule has 1 aromatic rings. The maximum absolute atomic E-state index is 13.0. The molecule has 0 heterocycles. The van der Waals surface area contributed by atoms with Crippen molar-refractivity contribution in [3.8, 4) is 0 Å². The first kappa shape index (κ1) is 12.1. The van der Waals surface area contributed by atoms with Crippen LogP contribution in [0.2, 0.25) is 0 Å². The van der Waals surface area contributed by atoms with Crippen LogP contribution in [0.1, 0.15) is 24.9 Å². The zero-order valence-electron chi connectivity index (χ0n) is 8.87. The quantitative estimate of drug-likeness (QED) is 0.429. The molecule has 1 rings (SSSR count). The smallest absolute Gasteiger partial charge is 0.123 e. The van der Waals surface area contributed by atoms with Crippen molar-refractivity contribution in [3.63, 3.8) is 0 Å². The van der Waals surface area contributed by atoms with Crippen molar-refractivity contribution in [2.75, 3.05) is 13.2 Å². The molecule has 0 bridgehead atoms. The lowest BCUT2D eigenvalue weighted by molar-refractivity contribution is 0.136. The van der Waals surface area contributed by atoms with Crippen molar-refractivity contribution in [1.82, 2.24) is 5.43 Å². The Kier molecular flexibility index (Phi) is 5.25. The molecule has 15 heavy (non-hydrogen) atoms. The van der Waals surface area contributed by atoms with Gasteiger partial charge in [-0.1, -0.05) is 12.1 Å². The molecule has 0 saturated carbocycles. The highest BCUT2D eigenvalue weighted by Crippen LogP contribution is 2.16. The van der Waals surface area contributed by atoms with E-state index in [0.29, 0.717) is 13.2 Å². The molecule has 1 unspecified atom stereocenters. The van der Waals surface area contributed by atoms with Gasteiger partial charge in [-0.05, 0) is 31.0 Å². The van der Waals surface area contributed by atoms with Gasteiger partial charge in [0, 0.05) is 19.3 Å². The zero-order chi connectivity index (χ0) is 11.1. The molecule has 1 atom stereocenters. The second-order valence-electron chi connectivity index (χ2n) is 3.26. The van der Waals surface area contributed by atoms with E-state index in [0.717, 1.165) is 12.0 Å². The number of nitrogens with one attached hydrogen (secondary N) is 1. The van der Waals surface area contributed by atoms with Crippen molar-refractivity contribution < 1.29 is 9.13 Å². The highest BCUT2D eigenvalue weighted by molar-refractivity contribution is 5.19. The van der Waals surface area contributed by atoms with E-state index in [1.54, 1.807) is 6.07 Å². The van der Waals surface area contributed by atoms with Gasteiger partial charge in [0.15, 0.2) is 0 Å². The summed E-state index contributed by atoms with van der Waals surface area (Å²) in [5, 5.41) is 0. The first-order chi connectivity index (χ1) is 7.27. The van der Waals surface area contributed by atoms with Crippen LogP contribution in [0.3, 0.4) is 0 Å². The number of rotatable bonds is 6. The summed E-state index contributed by atoms with van der Waals surface area (Å²) >= 11 is 0. The Balaban J connectivity index is 2.57. The molecule has 0 aliphatic rings. The number of halogens is 1. The van der Waals surface area contributed by atoms with Gasteiger partial charge in [-0.25, -0.2) is 4.39 Å². The van der Waals surface area contributed by atoms with Crippen molar-refractivity contribution in [2.45, 2.75) is 19.4 Å². The highest BCUT2D eigenvalue weighted by Gasteiger charge is 2.09. The van der Waals surface area contributed by atoms with E-state index < -0.39 is 0 Å². The molecule has 0 amide bonds. The van der Waals surface area contributed by atoms with E-state index in [4.69, 9.17) is 10.6 Å². The Morgan fingerprint density at radius 1 is 1.53 bits per heavy atom. The minimum absolute atomic E-state index is 0.0627. The molecular weight excluding hydrogens is 195 g/mol. The summed E-state index contributed by atoms with van der Waals surface area (Å²) in [5.41, 5.74) is 3.50. The van der Waals surface area contributed by atoms with E-state index in [1.807, 2.05) is 13.0 Å². The Labute approximate surface area is 89.4 Å². The number of ether oxygens (including phenoxy) is 1. The Morgan fingerprint density at radius 2 is 2.33 bits per heavy atom. The van der Waals surface area contributed by atoms with E-state index in [1.165, 1.54) is 12.1 Å². The first-order valence-corrected chi connectivity index (χ1v) is 5.07. The predicted molar refractivity (Wildman–Crippen MR) is 57.6 cm³/mol. The lowest BCUT2D eigenvalue weighted by Crippen LogP contribution is -2.29. The molecule has 0 fully saturated rings. The number of hydrogen-bond donors (Lipinski definition) is 2. The molecule has 0 radical (unpaired) electrons. The highest BCUT2D eigenvalue weighted by atomic mass is 19.1. The normalized spacial score (nSPS) is 12.7. The topological polar surface area (TPSA) is 47.3 Å². The minimum Gasteiger partial charge on any atom is -0.382 e. The van der Waals surface area contributed by atoms with Crippen molar-refractivity contribution in [2.24, 2.45) is 5.84 Å². The third-order valence-electron chi connectivity index (χ3n) is 2.21. The summed E-state index contributed by atoms with van der Waals surface area (Å²) < 4.78 is 18.2. The van der Waals surface area contributed by atoms with Gasteiger partial charge in [0.05, 0.1) is 0 Å². The number of nitrogens with two attached hydrogens (primary N) is 1. The predicted octanol–water partition coefficient (Wildman–Crippen LogP) is 1.76. The largest absolute Gasteiger partial charge is 0.382 e. The van der Waals surface area contributed by atoms with Gasteiger partial charge in [0.25, 0.3) is 0 Å². The zero-order valence-corrected chi connectivity index (χ0v) is 8.87. The van der Waals surface area contributed by atoms with Crippen LogP contribution in [0, 0.1) is 5.82 Å². The SMILES string of the molecule is CCOCCC(NN)c1cccc(F)c1. The molecule has 3 nitrogen and oxygen atoms in total. The lowest BCUT2D eigenvalue weighted by atomic mass is 10.0. The molecule has 0 aliphatic carbocycles. The Hall–Kier alpha value is -0.970. The van der Waals surface area contributed by atoms with Crippen molar-refractivity contribution >= 4 is 0 Å². The van der Waals surface area contributed by atoms with Crippen LogP contribution in [0.25, 0.3) is 0 Å². The van der Waals surface area contributed by atoms with E-state index >= 15 is 0 Å². The molecule has 0 spiro atoms. The summed E-state index contributed by atoms with van der Waals surface area (Å²) in [4.78, 5) is 0. The number of benzene rings is 1. The second-order valence-corrected chi connectivity index (χ2v) is 3.26. The third kappa shape index (κ3) is 3.95. The van der Waals surface area contributed by atoms with Crippen LogP contribution in [-0.4, -0.2) is 13.2 Å². The van der Waals surface area contributed by atoms with Gasteiger partial charge in [0.1, 0.15) is 5.82 Å². The maximum atomic E-state index is 13.0. The molecule has 4 heteroatoms. The van der Waals surface area contributed by atoms with Crippen LogP contribution in [0.5, 0.6) is 0 Å². The van der Waals surface area contributed by atoms with Crippen LogP contribution in [0.15, 0.2) is 24.3 Å². The van der Waals surface area contributed by atoms with Crippen LogP contribution >= 0.6 is 0 Å². The van der Waals surface area contributed by atoms with Crippen molar-refractivity contribution in [1.29, 1.82) is 0 Å². The fourth-order valence-electron chi connectivity index (χ4n) is 1.42. The second kappa shape index (κ2) is 6.50. The number of hydrazine groups is 1. The molecule has 84 valence electrons. The van der Waals surface area contributed by atoms with Gasteiger partial charge in [-0.15, -0.1) is 0 Å². The Bertz CT molecular complexity index is 294. The van der Waals surface area contributed by atoms with E-state index in [9.17, 15) is 4.39 Å². The van der Waals surface area contributed by atoms with Crippen LogP contribution in [0.4, 0.5) is 4.39 Å². The summed E-state index contributed by atoms with van der Waals surface area (Å²) in [5.74, 6) is 5.16. The molecule has 1 aromatic carbocycles. The van der Waals surface area contributed by atoms with Gasteiger partial charge in [-0.2, -0.15) is 0 Å². The molecule has 0 aliphatic heterocycles. The van der Waals surface area contributed by atoms with Gasteiger partial charge < -0.3 is 4.74 Å². The average molecular weight is 212 g/mol. The standard InChI is InChI=1S/C11H17FN2O/c1-2-15-7-6-11(14-13)9-4-3-5-10(12)8-9/h3-5,8,11,14H,2,6-7,13H2,1H3. The fraction of sp³-hybridized carbons (Fsp3) is 0.455. The molecule has 3 N–H and O–H groups in total. The van der Waals surface area contributed by atoms with E-state index in [-0.39, 0.29) is 11.9 Å².